The lowest BCUT2D eigenvalue weighted by molar-refractivity contribution is -0.161. The van der Waals surface area contributed by atoms with Crippen molar-refractivity contribution in [2.45, 2.75) is 26.2 Å². The van der Waals surface area contributed by atoms with E-state index in [1.807, 2.05) is 48.5 Å². The summed E-state index contributed by atoms with van der Waals surface area (Å²) in [6.45, 7) is 5.51. The van der Waals surface area contributed by atoms with Crippen LogP contribution in [0.15, 0.2) is 78.9 Å². The molecule has 1 aliphatic rings. The molecule has 0 bridgehead atoms. The second-order valence-corrected chi connectivity index (χ2v) is 8.12. The molecule has 0 saturated heterocycles. The number of ether oxygens (including phenoxy) is 3. The number of esters is 3. The molecule has 184 valence electrons. The quantitative estimate of drug-likeness (QED) is 0.248. The molecule has 0 amide bonds. The van der Waals surface area contributed by atoms with Gasteiger partial charge in [-0.3, -0.25) is 9.59 Å². The first-order valence-corrected chi connectivity index (χ1v) is 12.0. The Balaban J connectivity index is 2.19. The van der Waals surface area contributed by atoms with Crippen LogP contribution < -0.4 is 0 Å². The third-order valence-corrected chi connectivity index (χ3v) is 6.14. The van der Waals surface area contributed by atoms with E-state index in [4.69, 9.17) is 14.2 Å². The van der Waals surface area contributed by atoms with Crippen molar-refractivity contribution in [2.24, 2.45) is 0 Å². The first-order valence-electron chi connectivity index (χ1n) is 12.0. The van der Waals surface area contributed by atoms with Crippen LogP contribution in [0.1, 0.15) is 53.4 Å². The van der Waals surface area contributed by atoms with Gasteiger partial charge >= 0.3 is 17.9 Å². The molecular formula is C30H28O6. The molecule has 3 aromatic rings. The van der Waals surface area contributed by atoms with Gasteiger partial charge in [-0.1, -0.05) is 72.8 Å². The summed E-state index contributed by atoms with van der Waals surface area (Å²) in [6, 6.07) is 23.4. The third kappa shape index (κ3) is 3.98. The van der Waals surface area contributed by atoms with Crippen LogP contribution in [0.5, 0.6) is 0 Å². The smallest absolute Gasteiger partial charge is 0.338 e. The molecule has 3 aromatic carbocycles. The Morgan fingerprint density at radius 2 is 1.17 bits per heavy atom. The highest BCUT2D eigenvalue weighted by Gasteiger charge is 2.59. The Morgan fingerprint density at radius 3 is 1.78 bits per heavy atom. The monoisotopic (exact) mass is 484 g/mol. The van der Waals surface area contributed by atoms with Crippen LogP contribution in [0.4, 0.5) is 0 Å². The second kappa shape index (κ2) is 10.6. The molecule has 6 heteroatoms. The van der Waals surface area contributed by atoms with E-state index in [0.717, 1.165) is 0 Å². The zero-order chi connectivity index (χ0) is 25.7. The van der Waals surface area contributed by atoms with E-state index < -0.39 is 23.3 Å². The fourth-order valence-electron chi connectivity index (χ4n) is 4.80. The Hall–Kier alpha value is -4.19. The van der Waals surface area contributed by atoms with Crippen LogP contribution in [-0.4, -0.2) is 37.7 Å². The molecule has 1 aliphatic carbocycles. The normalized spacial score (nSPS) is 13.6. The average Bonchev–Trinajstić information content (AvgIpc) is 3.21. The minimum atomic E-state index is -1.87. The number of carbonyl (C=O) groups excluding carboxylic acids is 3. The Morgan fingerprint density at radius 1 is 0.639 bits per heavy atom. The van der Waals surface area contributed by atoms with Gasteiger partial charge in [-0.15, -0.1) is 0 Å². The van der Waals surface area contributed by atoms with Gasteiger partial charge in [-0.05, 0) is 54.7 Å². The topological polar surface area (TPSA) is 78.9 Å². The lowest BCUT2D eigenvalue weighted by atomic mass is 9.74. The van der Waals surface area contributed by atoms with Crippen LogP contribution in [0, 0.1) is 0 Å². The predicted octanol–water partition coefficient (Wildman–Crippen LogP) is 5.20. The molecule has 0 unspecified atom stereocenters. The highest BCUT2D eigenvalue weighted by Crippen LogP contribution is 2.55. The Kier molecular flexibility index (Phi) is 7.34. The standard InChI is InChI=1S/C30H28O6/c1-4-34-27(31)22-17-11-10-16-21(22)25-23-18-12-13-19-24(23)30(28(32)35-5-2,29(33)36-6-3)26(25)20-14-8-7-9-15-20/h7-19H,4-6H2,1-3H3. The van der Waals surface area contributed by atoms with Gasteiger partial charge in [0.15, 0.2) is 0 Å². The van der Waals surface area contributed by atoms with Crippen molar-refractivity contribution in [1.29, 1.82) is 0 Å². The summed E-state index contributed by atoms with van der Waals surface area (Å²) in [5, 5.41) is 0. The van der Waals surface area contributed by atoms with E-state index in [9.17, 15) is 14.4 Å². The van der Waals surface area contributed by atoms with Crippen molar-refractivity contribution in [2.75, 3.05) is 19.8 Å². The predicted molar refractivity (Wildman–Crippen MR) is 136 cm³/mol. The third-order valence-electron chi connectivity index (χ3n) is 6.14. The van der Waals surface area contributed by atoms with Crippen LogP contribution in [-0.2, 0) is 29.2 Å². The molecule has 6 nitrogen and oxygen atoms in total. The summed E-state index contributed by atoms with van der Waals surface area (Å²) in [6.07, 6.45) is 0. The van der Waals surface area contributed by atoms with E-state index in [1.54, 1.807) is 51.1 Å². The Labute approximate surface area is 210 Å². The maximum absolute atomic E-state index is 13.9. The van der Waals surface area contributed by atoms with Gasteiger partial charge in [-0.2, -0.15) is 0 Å². The van der Waals surface area contributed by atoms with Crippen LogP contribution >= 0.6 is 0 Å². The average molecular weight is 485 g/mol. The first-order chi connectivity index (χ1) is 17.5. The maximum Gasteiger partial charge on any atom is 0.338 e. The maximum atomic E-state index is 13.9. The second-order valence-electron chi connectivity index (χ2n) is 8.12. The fraction of sp³-hybridized carbons (Fsp3) is 0.233. The van der Waals surface area contributed by atoms with E-state index in [2.05, 4.69) is 0 Å². The number of hydrogen-bond donors (Lipinski definition) is 0. The van der Waals surface area contributed by atoms with Gasteiger partial charge in [0.1, 0.15) is 0 Å². The molecule has 0 fully saturated rings. The summed E-state index contributed by atoms with van der Waals surface area (Å²) in [5.41, 5.74) is 1.76. The molecule has 0 heterocycles. The number of carbonyl (C=O) groups is 3. The van der Waals surface area contributed by atoms with Crippen molar-refractivity contribution in [1.82, 2.24) is 0 Å². The van der Waals surface area contributed by atoms with Gasteiger partial charge in [0.25, 0.3) is 0 Å². The highest BCUT2D eigenvalue weighted by molar-refractivity contribution is 6.28. The number of hydrogen-bond acceptors (Lipinski definition) is 6. The van der Waals surface area contributed by atoms with Gasteiger partial charge in [0, 0.05) is 5.57 Å². The summed E-state index contributed by atoms with van der Waals surface area (Å²) < 4.78 is 16.4. The van der Waals surface area contributed by atoms with Crippen molar-refractivity contribution >= 4 is 29.1 Å². The van der Waals surface area contributed by atoms with E-state index in [0.29, 0.717) is 39.0 Å². The molecule has 4 rings (SSSR count). The first kappa shape index (κ1) is 24.9. The summed E-state index contributed by atoms with van der Waals surface area (Å²) in [7, 11) is 0. The van der Waals surface area contributed by atoms with Crippen molar-refractivity contribution in [3.8, 4) is 0 Å². The number of fused-ring (bicyclic) bond motifs is 1. The summed E-state index contributed by atoms with van der Waals surface area (Å²) in [5.74, 6) is -1.94. The van der Waals surface area contributed by atoms with Gasteiger partial charge in [0.05, 0.1) is 25.4 Å². The molecule has 0 saturated carbocycles. The summed E-state index contributed by atoms with van der Waals surface area (Å²) in [4.78, 5) is 40.7. The fourth-order valence-corrected chi connectivity index (χ4v) is 4.80. The molecule has 0 spiro atoms. The number of benzene rings is 3. The molecule has 0 atom stereocenters. The molecule has 0 radical (unpaired) electrons. The van der Waals surface area contributed by atoms with Crippen LogP contribution in [0.2, 0.25) is 0 Å². The van der Waals surface area contributed by atoms with Crippen molar-refractivity contribution in [3.05, 3.63) is 107 Å². The zero-order valence-electron chi connectivity index (χ0n) is 20.6. The lowest BCUT2D eigenvalue weighted by Crippen LogP contribution is -2.46. The SMILES string of the molecule is CCOC(=O)c1ccccc1C1=C(c2ccccc2)C(C(=O)OCC)(C(=O)OCC)c2ccccc21. The molecule has 36 heavy (non-hydrogen) atoms. The Bertz CT molecular complexity index is 1300. The summed E-state index contributed by atoms with van der Waals surface area (Å²) >= 11 is 0. The van der Waals surface area contributed by atoms with E-state index in [-0.39, 0.29) is 19.8 Å². The number of rotatable bonds is 8. The highest BCUT2D eigenvalue weighted by atomic mass is 16.6. The van der Waals surface area contributed by atoms with E-state index in [1.165, 1.54) is 0 Å². The van der Waals surface area contributed by atoms with Crippen LogP contribution in [0.3, 0.4) is 0 Å². The van der Waals surface area contributed by atoms with Crippen LogP contribution in [0.25, 0.3) is 11.1 Å². The molecule has 0 N–H and O–H groups in total. The molecule has 0 aliphatic heterocycles. The van der Waals surface area contributed by atoms with Crippen molar-refractivity contribution in [3.63, 3.8) is 0 Å². The minimum Gasteiger partial charge on any atom is -0.465 e. The minimum absolute atomic E-state index is 0.0823. The van der Waals surface area contributed by atoms with Gasteiger partial charge < -0.3 is 14.2 Å². The largest absolute Gasteiger partial charge is 0.465 e. The van der Waals surface area contributed by atoms with E-state index >= 15 is 0 Å². The van der Waals surface area contributed by atoms with Gasteiger partial charge in [-0.25, -0.2) is 4.79 Å². The molecule has 0 aromatic heterocycles. The lowest BCUT2D eigenvalue weighted by Gasteiger charge is -2.29. The zero-order valence-corrected chi connectivity index (χ0v) is 20.6. The van der Waals surface area contributed by atoms with Crippen molar-refractivity contribution < 1.29 is 28.6 Å². The molecular weight excluding hydrogens is 456 g/mol. The van der Waals surface area contributed by atoms with Gasteiger partial charge in [0.2, 0.25) is 5.41 Å².